The number of hydrogen-bond donors (Lipinski definition) is 1. The largest absolute Gasteiger partial charge is 0.482 e. The first-order valence-electron chi connectivity index (χ1n) is 9.63. The summed E-state index contributed by atoms with van der Waals surface area (Å²) in [5.74, 6) is -0.265. The molecule has 3 rings (SSSR count). The van der Waals surface area contributed by atoms with Crippen LogP contribution in [0.4, 0.5) is 11.4 Å². The number of nitrogens with one attached hydrogen (secondary N) is 1. The first kappa shape index (κ1) is 20.7. The number of benzene rings is 2. The molecule has 29 heavy (non-hydrogen) atoms. The van der Waals surface area contributed by atoms with Crippen LogP contribution < -0.4 is 10.1 Å². The second-order valence-corrected chi connectivity index (χ2v) is 7.02. The fourth-order valence-electron chi connectivity index (χ4n) is 3.12. The molecule has 1 amide bonds. The highest BCUT2D eigenvalue weighted by Gasteiger charge is 2.26. The molecule has 1 aliphatic rings. The molecule has 7 heteroatoms. The Morgan fingerprint density at radius 3 is 2.24 bits per heavy atom. The fourth-order valence-corrected chi connectivity index (χ4v) is 3.12. The number of hydrogen-bond acceptors (Lipinski definition) is 6. The molecule has 1 aliphatic heterocycles. The Bertz CT molecular complexity index is 800. The van der Waals surface area contributed by atoms with E-state index >= 15 is 0 Å². The molecule has 0 saturated carbocycles. The molecule has 0 spiro atoms. The van der Waals surface area contributed by atoms with Crippen molar-refractivity contribution in [1.82, 2.24) is 4.90 Å². The molecule has 2 aromatic carbocycles. The van der Waals surface area contributed by atoms with Gasteiger partial charge in [0.15, 0.2) is 13.2 Å². The minimum Gasteiger partial charge on any atom is -0.482 e. The van der Waals surface area contributed by atoms with Crippen LogP contribution in [0.5, 0.6) is 5.75 Å². The molecule has 2 atom stereocenters. The van der Waals surface area contributed by atoms with Crippen LogP contribution in [0.1, 0.15) is 13.8 Å². The van der Waals surface area contributed by atoms with Gasteiger partial charge in [-0.25, -0.2) is 4.79 Å². The average Bonchev–Trinajstić information content (AvgIpc) is 2.71. The summed E-state index contributed by atoms with van der Waals surface area (Å²) in [6.45, 7) is 4.28. The zero-order valence-corrected chi connectivity index (χ0v) is 16.7. The summed E-state index contributed by atoms with van der Waals surface area (Å²) in [7, 11) is 0. The van der Waals surface area contributed by atoms with Crippen LogP contribution in [0.3, 0.4) is 0 Å². The third-order valence-corrected chi connectivity index (χ3v) is 4.40. The number of carbonyl (C=O) groups excluding carboxylic acids is 2. The molecule has 1 fully saturated rings. The second-order valence-electron chi connectivity index (χ2n) is 7.02. The second kappa shape index (κ2) is 9.93. The van der Waals surface area contributed by atoms with Crippen molar-refractivity contribution in [2.45, 2.75) is 26.1 Å². The lowest BCUT2D eigenvalue weighted by Gasteiger charge is -2.35. The summed E-state index contributed by atoms with van der Waals surface area (Å²) in [5.41, 5.74) is 1.89. The Morgan fingerprint density at radius 1 is 0.966 bits per heavy atom. The molecule has 154 valence electrons. The predicted octanol–water partition coefficient (Wildman–Crippen LogP) is 2.99. The minimum absolute atomic E-state index is 0.0268. The highest BCUT2D eigenvalue weighted by molar-refractivity contribution is 5.81. The van der Waals surface area contributed by atoms with E-state index in [1.54, 1.807) is 17.0 Å². The third kappa shape index (κ3) is 6.50. The summed E-state index contributed by atoms with van der Waals surface area (Å²) in [5, 5.41) is 3.27. The molecule has 0 unspecified atom stereocenters. The lowest BCUT2D eigenvalue weighted by molar-refractivity contribution is -0.158. The maximum absolute atomic E-state index is 12.2. The van der Waals surface area contributed by atoms with Crippen molar-refractivity contribution in [3.05, 3.63) is 54.6 Å². The van der Waals surface area contributed by atoms with E-state index in [-0.39, 0.29) is 31.3 Å². The number of ether oxygens (including phenoxy) is 3. The van der Waals surface area contributed by atoms with Gasteiger partial charge in [0, 0.05) is 24.5 Å². The molecule has 0 bridgehead atoms. The lowest BCUT2D eigenvalue weighted by atomic mass is 10.2. The van der Waals surface area contributed by atoms with Crippen LogP contribution in [0.25, 0.3) is 0 Å². The van der Waals surface area contributed by atoms with Crippen LogP contribution in [0.2, 0.25) is 0 Å². The van der Waals surface area contributed by atoms with Crippen LogP contribution in [0.15, 0.2) is 54.6 Å². The van der Waals surface area contributed by atoms with Crippen molar-refractivity contribution in [3.8, 4) is 5.75 Å². The van der Waals surface area contributed by atoms with Gasteiger partial charge in [-0.15, -0.1) is 0 Å². The van der Waals surface area contributed by atoms with Gasteiger partial charge in [-0.1, -0.05) is 18.2 Å². The van der Waals surface area contributed by atoms with Gasteiger partial charge in [-0.3, -0.25) is 4.79 Å². The van der Waals surface area contributed by atoms with Gasteiger partial charge in [0.25, 0.3) is 5.91 Å². The SMILES string of the molecule is C[C@H]1CN(C(=O)COC(=O)COc2ccc(Nc3ccccc3)cc2)C[C@H](C)O1. The van der Waals surface area contributed by atoms with Gasteiger partial charge in [0.05, 0.1) is 12.2 Å². The number of morpholine rings is 1. The Morgan fingerprint density at radius 2 is 1.59 bits per heavy atom. The van der Waals surface area contributed by atoms with E-state index < -0.39 is 5.97 Å². The molecule has 0 aliphatic carbocycles. The van der Waals surface area contributed by atoms with Crippen molar-refractivity contribution in [2.75, 3.05) is 31.6 Å². The molecule has 1 saturated heterocycles. The van der Waals surface area contributed by atoms with E-state index in [4.69, 9.17) is 14.2 Å². The molecule has 7 nitrogen and oxygen atoms in total. The minimum atomic E-state index is -0.584. The van der Waals surface area contributed by atoms with Crippen molar-refractivity contribution < 1.29 is 23.8 Å². The van der Waals surface area contributed by atoms with Crippen molar-refractivity contribution in [2.24, 2.45) is 0 Å². The maximum Gasteiger partial charge on any atom is 0.344 e. The van der Waals surface area contributed by atoms with Gasteiger partial charge in [0.1, 0.15) is 5.75 Å². The number of para-hydroxylation sites is 1. The Balaban J connectivity index is 1.39. The summed E-state index contributed by atoms with van der Waals surface area (Å²) < 4.78 is 16.1. The topological polar surface area (TPSA) is 77.1 Å². The first-order valence-corrected chi connectivity index (χ1v) is 9.63. The molecule has 0 radical (unpaired) electrons. The van der Waals surface area contributed by atoms with Gasteiger partial charge in [0.2, 0.25) is 0 Å². The van der Waals surface area contributed by atoms with Crippen LogP contribution >= 0.6 is 0 Å². The average molecular weight is 398 g/mol. The monoisotopic (exact) mass is 398 g/mol. The van der Waals surface area contributed by atoms with Crippen LogP contribution in [-0.2, 0) is 19.1 Å². The Kier molecular flexibility index (Phi) is 7.08. The van der Waals surface area contributed by atoms with E-state index in [0.29, 0.717) is 18.8 Å². The normalized spacial score (nSPS) is 18.8. The third-order valence-electron chi connectivity index (χ3n) is 4.40. The molecule has 1 heterocycles. The van der Waals surface area contributed by atoms with Crippen molar-refractivity contribution in [1.29, 1.82) is 0 Å². The number of amides is 1. The van der Waals surface area contributed by atoms with Gasteiger partial charge < -0.3 is 24.4 Å². The summed E-state index contributed by atoms with van der Waals surface area (Å²) in [6, 6.07) is 17.1. The molecular weight excluding hydrogens is 372 g/mol. The van der Waals surface area contributed by atoms with Crippen LogP contribution in [0, 0.1) is 0 Å². The van der Waals surface area contributed by atoms with Gasteiger partial charge in [-0.2, -0.15) is 0 Å². The number of anilines is 2. The first-order chi connectivity index (χ1) is 14.0. The highest BCUT2D eigenvalue weighted by Crippen LogP contribution is 2.19. The van der Waals surface area contributed by atoms with E-state index in [0.717, 1.165) is 11.4 Å². The van der Waals surface area contributed by atoms with Gasteiger partial charge in [-0.05, 0) is 50.2 Å². The molecule has 1 N–H and O–H groups in total. The standard InChI is InChI=1S/C22H26N2O5/c1-16-12-24(13-17(2)29-16)21(25)14-28-22(26)15-27-20-10-8-19(9-11-20)23-18-6-4-3-5-7-18/h3-11,16-17,23H,12-15H2,1-2H3/t16-,17-/m0/s1. The molecular formula is C22H26N2O5. The van der Waals surface area contributed by atoms with Crippen molar-refractivity contribution in [3.63, 3.8) is 0 Å². The Hall–Kier alpha value is -3.06. The quantitative estimate of drug-likeness (QED) is 0.723. The number of rotatable bonds is 7. The smallest absolute Gasteiger partial charge is 0.344 e. The number of esters is 1. The molecule has 2 aromatic rings. The molecule has 0 aromatic heterocycles. The van der Waals surface area contributed by atoms with Crippen molar-refractivity contribution >= 4 is 23.3 Å². The number of nitrogens with zero attached hydrogens (tertiary/aromatic N) is 1. The fraction of sp³-hybridized carbons (Fsp3) is 0.364. The summed E-state index contributed by atoms with van der Waals surface area (Å²) in [6.07, 6.45) is -0.0535. The van der Waals surface area contributed by atoms with Gasteiger partial charge >= 0.3 is 5.97 Å². The van der Waals surface area contributed by atoms with E-state index in [1.165, 1.54) is 0 Å². The number of carbonyl (C=O) groups is 2. The predicted molar refractivity (Wildman–Crippen MR) is 109 cm³/mol. The summed E-state index contributed by atoms with van der Waals surface area (Å²) >= 11 is 0. The summed E-state index contributed by atoms with van der Waals surface area (Å²) in [4.78, 5) is 25.7. The van der Waals surface area contributed by atoms with Crippen LogP contribution in [-0.4, -0.2) is 55.3 Å². The van der Waals surface area contributed by atoms with E-state index in [2.05, 4.69) is 5.32 Å². The highest BCUT2D eigenvalue weighted by atomic mass is 16.6. The zero-order valence-electron chi connectivity index (χ0n) is 16.7. The van der Waals surface area contributed by atoms with E-state index in [1.807, 2.05) is 56.3 Å². The zero-order chi connectivity index (χ0) is 20.6. The van der Waals surface area contributed by atoms with E-state index in [9.17, 15) is 9.59 Å². The maximum atomic E-state index is 12.2. The Labute approximate surface area is 170 Å². The lowest BCUT2D eigenvalue weighted by Crippen LogP contribution is -2.49.